The van der Waals surface area contributed by atoms with E-state index in [9.17, 15) is 0 Å². The summed E-state index contributed by atoms with van der Waals surface area (Å²) in [5.41, 5.74) is 2.37. The highest BCUT2D eigenvalue weighted by atomic mass is 32.1. The van der Waals surface area contributed by atoms with Gasteiger partial charge in [-0.15, -0.1) is 11.3 Å². The van der Waals surface area contributed by atoms with Crippen LogP contribution in [0.25, 0.3) is 21.3 Å². The van der Waals surface area contributed by atoms with Gasteiger partial charge in [0.2, 0.25) is 0 Å². The summed E-state index contributed by atoms with van der Waals surface area (Å²) in [6, 6.07) is 13.1. The van der Waals surface area contributed by atoms with E-state index in [2.05, 4.69) is 58.9 Å². The van der Waals surface area contributed by atoms with Gasteiger partial charge in [0, 0.05) is 31.6 Å². The Morgan fingerprint density at radius 1 is 1.14 bits per heavy atom. The highest BCUT2D eigenvalue weighted by molar-refractivity contribution is 7.13. The van der Waals surface area contributed by atoms with Gasteiger partial charge in [0.15, 0.2) is 0 Å². The highest BCUT2D eigenvalue weighted by Crippen LogP contribution is 2.32. The molecule has 3 nitrogen and oxygen atoms in total. The van der Waals surface area contributed by atoms with Gasteiger partial charge in [-0.1, -0.05) is 23.8 Å². The summed E-state index contributed by atoms with van der Waals surface area (Å²) < 4.78 is 0. The number of hydrogen-bond acceptors (Lipinski definition) is 4. The second-order valence-corrected chi connectivity index (χ2v) is 6.72. The average Bonchev–Trinajstić information content (AvgIpc) is 3.09. The van der Waals surface area contributed by atoms with Crippen molar-refractivity contribution in [3.8, 4) is 10.6 Å². The number of piperazine rings is 1. The van der Waals surface area contributed by atoms with E-state index in [1.807, 2.05) is 0 Å². The molecule has 0 unspecified atom stereocenters. The molecule has 4 rings (SSSR count). The third kappa shape index (κ3) is 2.49. The van der Waals surface area contributed by atoms with Gasteiger partial charge in [-0.25, -0.2) is 4.98 Å². The van der Waals surface area contributed by atoms with Crippen molar-refractivity contribution < 1.29 is 0 Å². The fraction of sp³-hybridized carbons (Fsp3) is 0.278. The van der Waals surface area contributed by atoms with Crippen molar-refractivity contribution in [3.05, 3.63) is 47.3 Å². The van der Waals surface area contributed by atoms with Gasteiger partial charge in [-0.05, 0) is 35.9 Å². The van der Waals surface area contributed by atoms with Crippen molar-refractivity contribution >= 4 is 27.9 Å². The number of benzene rings is 1. The number of anilines is 1. The molecule has 0 radical (unpaired) electrons. The van der Waals surface area contributed by atoms with Crippen LogP contribution in [-0.4, -0.2) is 31.2 Å². The maximum absolute atomic E-state index is 5.02. The second kappa shape index (κ2) is 5.71. The van der Waals surface area contributed by atoms with Gasteiger partial charge in [-0.3, -0.25) is 0 Å². The Bertz CT molecular complexity index is 789. The maximum atomic E-state index is 5.02. The lowest BCUT2D eigenvalue weighted by Crippen LogP contribution is -2.44. The fourth-order valence-corrected chi connectivity index (χ4v) is 3.70. The predicted octanol–water partition coefficient (Wildman–Crippen LogP) is 3.68. The van der Waals surface area contributed by atoms with E-state index in [4.69, 9.17) is 4.98 Å². The molecule has 22 heavy (non-hydrogen) atoms. The number of rotatable bonds is 2. The summed E-state index contributed by atoms with van der Waals surface area (Å²) in [5.74, 6) is 1.13. The molecular formula is C18H19N3S. The first-order chi connectivity index (χ1) is 10.8. The Labute approximate surface area is 134 Å². The molecule has 1 saturated heterocycles. The quantitative estimate of drug-likeness (QED) is 0.782. The molecule has 112 valence electrons. The Balaban J connectivity index is 1.92. The number of pyridine rings is 1. The Morgan fingerprint density at radius 2 is 2.00 bits per heavy atom. The summed E-state index contributed by atoms with van der Waals surface area (Å²) in [6.07, 6.45) is 0. The van der Waals surface area contributed by atoms with Crippen molar-refractivity contribution in [2.24, 2.45) is 0 Å². The minimum absolute atomic E-state index is 1.02. The molecule has 0 aliphatic carbocycles. The number of hydrogen-bond donors (Lipinski definition) is 1. The molecule has 2 aromatic heterocycles. The molecule has 4 heteroatoms. The lowest BCUT2D eigenvalue weighted by molar-refractivity contribution is 0.586. The number of nitrogens with zero attached hydrogens (tertiary/aromatic N) is 2. The monoisotopic (exact) mass is 309 g/mol. The van der Waals surface area contributed by atoms with Crippen LogP contribution in [0, 0.1) is 6.92 Å². The number of nitrogens with one attached hydrogen (secondary N) is 1. The molecule has 1 fully saturated rings. The largest absolute Gasteiger partial charge is 0.354 e. The third-order valence-corrected chi connectivity index (χ3v) is 5.05. The molecule has 1 aromatic carbocycles. The van der Waals surface area contributed by atoms with E-state index in [1.54, 1.807) is 11.3 Å². The first-order valence-electron chi connectivity index (χ1n) is 7.72. The normalized spacial score (nSPS) is 15.4. The van der Waals surface area contributed by atoms with E-state index in [1.165, 1.54) is 21.2 Å². The number of aryl methyl sites for hydroxylation is 1. The van der Waals surface area contributed by atoms with Crippen LogP contribution < -0.4 is 10.2 Å². The van der Waals surface area contributed by atoms with Crippen molar-refractivity contribution in [1.82, 2.24) is 10.3 Å². The molecule has 3 heterocycles. The van der Waals surface area contributed by atoms with E-state index in [0.29, 0.717) is 0 Å². The van der Waals surface area contributed by atoms with Crippen LogP contribution in [0.2, 0.25) is 0 Å². The fourth-order valence-electron chi connectivity index (χ4n) is 3.01. The molecule has 0 saturated carbocycles. The van der Waals surface area contributed by atoms with Crippen LogP contribution in [0.15, 0.2) is 41.8 Å². The second-order valence-electron chi connectivity index (χ2n) is 5.77. The van der Waals surface area contributed by atoms with Gasteiger partial charge in [0.25, 0.3) is 0 Å². The van der Waals surface area contributed by atoms with Gasteiger partial charge in [-0.2, -0.15) is 0 Å². The van der Waals surface area contributed by atoms with Crippen LogP contribution in [0.3, 0.4) is 0 Å². The van der Waals surface area contributed by atoms with Crippen molar-refractivity contribution in [1.29, 1.82) is 0 Å². The third-order valence-electron chi connectivity index (χ3n) is 4.16. The highest BCUT2D eigenvalue weighted by Gasteiger charge is 2.16. The van der Waals surface area contributed by atoms with E-state index in [0.717, 1.165) is 37.7 Å². The SMILES string of the molecule is Cc1ccc2cc(-c3cccs3)nc(N3CCNCC3)c2c1. The van der Waals surface area contributed by atoms with Gasteiger partial charge in [0.05, 0.1) is 10.6 Å². The summed E-state index contributed by atoms with van der Waals surface area (Å²) in [4.78, 5) is 8.66. The molecule has 1 N–H and O–H groups in total. The molecule has 3 aromatic rings. The minimum atomic E-state index is 1.02. The Kier molecular flexibility index (Phi) is 3.56. The van der Waals surface area contributed by atoms with E-state index < -0.39 is 0 Å². The van der Waals surface area contributed by atoms with Crippen LogP contribution >= 0.6 is 11.3 Å². The lowest BCUT2D eigenvalue weighted by atomic mass is 10.1. The van der Waals surface area contributed by atoms with Crippen molar-refractivity contribution in [3.63, 3.8) is 0 Å². The van der Waals surface area contributed by atoms with Crippen LogP contribution in [0.4, 0.5) is 5.82 Å². The minimum Gasteiger partial charge on any atom is -0.354 e. The van der Waals surface area contributed by atoms with Crippen LogP contribution in [0.5, 0.6) is 0 Å². The topological polar surface area (TPSA) is 28.2 Å². The summed E-state index contributed by atoms with van der Waals surface area (Å²) in [6.45, 7) is 6.23. The molecule has 0 spiro atoms. The molecule has 0 amide bonds. The molecular weight excluding hydrogens is 290 g/mol. The number of aromatic nitrogens is 1. The molecule has 1 aliphatic rings. The predicted molar refractivity (Wildman–Crippen MR) is 94.9 cm³/mol. The Morgan fingerprint density at radius 3 is 2.77 bits per heavy atom. The maximum Gasteiger partial charge on any atom is 0.137 e. The van der Waals surface area contributed by atoms with Crippen LogP contribution in [0.1, 0.15) is 5.56 Å². The summed E-state index contributed by atoms with van der Waals surface area (Å²) >= 11 is 1.75. The molecule has 0 bridgehead atoms. The summed E-state index contributed by atoms with van der Waals surface area (Å²) in [7, 11) is 0. The van der Waals surface area contributed by atoms with Crippen molar-refractivity contribution in [2.45, 2.75) is 6.92 Å². The lowest BCUT2D eigenvalue weighted by Gasteiger charge is -2.29. The number of fused-ring (bicyclic) bond motifs is 1. The van der Waals surface area contributed by atoms with Gasteiger partial charge in [0.1, 0.15) is 5.82 Å². The van der Waals surface area contributed by atoms with Gasteiger partial charge < -0.3 is 10.2 Å². The van der Waals surface area contributed by atoms with E-state index in [-0.39, 0.29) is 0 Å². The Hall–Kier alpha value is -1.91. The van der Waals surface area contributed by atoms with Crippen molar-refractivity contribution in [2.75, 3.05) is 31.1 Å². The summed E-state index contributed by atoms with van der Waals surface area (Å²) in [5, 5.41) is 8.07. The smallest absolute Gasteiger partial charge is 0.137 e. The molecule has 0 atom stereocenters. The molecule has 1 aliphatic heterocycles. The van der Waals surface area contributed by atoms with Gasteiger partial charge >= 0.3 is 0 Å². The zero-order valence-electron chi connectivity index (χ0n) is 12.7. The zero-order valence-corrected chi connectivity index (χ0v) is 13.5. The van der Waals surface area contributed by atoms with E-state index >= 15 is 0 Å². The standard InChI is InChI=1S/C18H19N3S/c1-13-4-5-14-12-16(17-3-2-10-22-17)20-18(15(14)11-13)21-8-6-19-7-9-21/h2-5,10-12,19H,6-9H2,1H3. The first kappa shape index (κ1) is 13.7. The first-order valence-corrected chi connectivity index (χ1v) is 8.60. The van der Waals surface area contributed by atoms with Crippen LogP contribution in [-0.2, 0) is 0 Å². The number of thiophene rings is 1. The average molecular weight is 309 g/mol. The zero-order chi connectivity index (χ0) is 14.9.